The Bertz CT molecular complexity index is 660. The van der Waals surface area contributed by atoms with Crippen LogP contribution in [-0.4, -0.2) is 20.9 Å². The number of amides is 1. The number of hydrogen-bond acceptors (Lipinski definition) is 3. The number of nitrogens with one attached hydrogen (secondary N) is 1. The second kappa shape index (κ2) is 6.50. The SMILES string of the molecule is O=C(NCCC1CCC1)c1cc(S(=O)(=O)Cl)c(Cl)cc1F. The summed E-state index contributed by atoms with van der Waals surface area (Å²) in [5.74, 6) is -0.950. The topological polar surface area (TPSA) is 63.2 Å². The molecule has 21 heavy (non-hydrogen) atoms. The van der Waals surface area contributed by atoms with Crippen molar-refractivity contribution in [2.24, 2.45) is 5.92 Å². The van der Waals surface area contributed by atoms with Crippen molar-refractivity contribution >= 4 is 37.2 Å². The van der Waals surface area contributed by atoms with E-state index in [2.05, 4.69) is 5.32 Å². The Morgan fingerprint density at radius 2 is 2.05 bits per heavy atom. The zero-order chi connectivity index (χ0) is 15.6. The maximum Gasteiger partial charge on any atom is 0.262 e. The van der Waals surface area contributed by atoms with Gasteiger partial charge in [-0.2, -0.15) is 0 Å². The van der Waals surface area contributed by atoms with Crippen LogP contribution in [0.1, 0.15) is 36.0 Å². The van der Waals surface area contributed by atoms with Crippen LogP contribution in [0.15, 0.2) is 17.0 Å². The monoisotopic (exact) mass is 353 g/mol. The third-order valence-electron chi connectivity index (χ3n) is 3.59. The highest BCUT2D eigenvalue weighted by Crippen LogP contribution is 2.29. The molecule has 1 aromatic carbocycles. The summed E-state index contributed by atoms with van der Waals surface area (Å²) in [5, 5.41) is 2.22. The van der Waals surface area contributed by atoms with E-state index in [4.69, 9.17) is 22.3 Å². The molecule has 116 valence electrons. The Labute approximate surface area is 132 Å². The Morgan fingerprint density at radius 1 is 1.38 bits per heavy atom. The fourth-order valence-electron chi connectivity index (χ4n) is 2.16. The third kappa shape index (κ3) is 4.08. The Kier molecular flexibility index (Phi) is 5.11. The van der Waals surface area contributed by atoms with E-state index in [1.165, 1.54) is 6.42 Å². The van der Waals surface area contributed by atoms with Crippen molar-refractivity contribution in [2.75, 3.05) is 6.54 Å². The molecule has 1 fully saturated rings. The van der Waals surface area contributed by atoms with Gasteiger partial charge in [0.2, 0.25) is 0 Å². The van der Waals surface area contributed by atoms with E-state index >= 15 is 0 Å². The van der Waals surface area contributed by atoms with Crippen LogP contribution in [-0.2, 0) is 9.05 Å². The molecule has 1 amide bonds. The Hall–Kier alpha value is -0.850. The second-order valence-corrected chi connectivity index (χ2v) is 7.98. The van der Waals surface area contributed by atoms with Gasteiger partial charge in [-0.1, -0.05) is 30.9 Å². The van der Waals surface area contributed by atoms with Crippen molar-refractivity contribution in [3.8, 4) is 0 Å². The molecule has 0 bridgehead atoms. The van der Waals surface area contributed by atoms with Gasteiger partial charge in [0.25, 0.3) is 15.0 Å². The summed E-state index contributed by atoms with van der Waals surface area (Å²) in [5.41, 5.74) is -0.382. The van der Waals surface area contributed by atoms with Gasteiger partial charge >= 0.3 is 0 Å². The lowest BCUT2D eigenvalue weighted by Gasteiger charge is -2.25. The molecule has 0 aliphatic heterocycles. The van der Waals surface area contributed by atoms with E-state index in [1.54, 1.807) is 0 Å². The van der Waals surface area contributed by atoms with Crippen molar-refractivity contribution in [3.05, 3.63) is 28.5 Å². The second-order valence-electron chi connectivity index (χ2n) is 5.04. The molecule has 0 radical (unpaired) electrons. The first-order chi connectivity index (χ1) is 9.79. The summed E-state index contributed by atoms with van der Waals surface area (Å²) in [7, 11) is 1.06. The van der Waals surface area contributed by atoms with Gasteiger partial charge in [-0.3, -0.25) is 4.79 Å². The van der Waals surface area contributed by atoms with E-state index in [1.807, 2.05) is 0 Å². The van der Waals surface area contributed by atoms with Crippen LogP contribution in [0.5, 0.6) is 0 Å². The van der Waals surface area contributed by atoms with E-state index in [9.17, 15) is 17.6 Å². The molecule has 0 atom stereocenters. The molecule has 0 saturated heterocycles. The van der Waals surface area contributed by atoms with Crippen LogP contribution in [0.2, 0.25) is 5.02 Å². The maximum absolute atomic E-state index is 13.7. The van der Waals surface area contributed by atoms with E-state index in [0.717, 1.165) is 31.4 Å². The number of hydrogen-bond donors (Lipinski definition) is 1. The summed E-state index contributed by atoms with van der Waals surface area (Å²) in [4.78, 5) is 11.4. The molecular formula is C13H14Cl2FNO3S. The van der Waals surface area contributed by atoms with Gasteiger partial charge in [0.1, 0.15) is 10.7 Å². The number of rotatable bonds is 5. The quantitative estimate of drug-likeness (QED) is 0.825. The molecule has 4 nitrogen and oxygen atoms in total. The summed E-state index contributed by atoms with van der Waals surface area (Å²) < 4.78 is 36.4. The molecule has 1 N–H and O–H groups in total. The van der Waals surface area contributed by atoms with Gasteiger partial charge < -0.3 is 5.32 Å². The number of halogens is 3. The highest BCUT2D eigenvalue weighted by Gasteiger charge is 2.22. The zero-order valence-corrected chi connectivity index (χ0v) is 13.4. The molecular weight excluding hydrogens is 340 g/mol. The zero-order valence-electron chi connectivity index (χ0n) is 11.0. The molecule has 8 heteroatoms. The normalized spacial score (nSPS) is 15.6. The first-order valence-electron chi connectivity index (χ1n) is 6.51. The fraction of sp³-hybridized carbons (Fsp3) is 0.462. The molecule has 0 heterocycles. The maximum atomic E-state index is 13.7. The van der Waals surface area contributed by atoms with Crippen LogP contribution in [0.3, 0.4) is 0 Å². The summed E-state index contributed by atoms with van der Waals surface area (Å²) in [6.07, 6.45) is 4.35. The van der Waals surface area contributed by atoms with Gasteiger partial charge in [0.05, 0.1) is 10.6 Å². The molecule has 2 rings (SSSR count). The highest BCUT2D eigenvalue weighted by atomic mass is 35.7. The first kappa shape index (κ1) is 16.5. The number of carbonyl (C=O) groups is 1. The summed E-state index contributed by atoms with van der Waals surface area (Å²) in [6, 6.07) is 1.64. The van der Waals surface area contributed by atoms with E-state index < -0.39 is 25.7 Å². The van der Waals surface area contributed by atoms with Crippen LogP contribution >= 0.6 is 22.3 Å². The minimum Gasteiger partial charge on any atom is -0.352 e. The molecule has 0 aromatic heterocycles. The lowest BCUT2D eigenvalue weighted by Crippen LogP contribution is -2.28. The molecule has 1 aliphatic rings. The lowest BCUT2D eigenvalue weighted by atomic mass is 9.83. The molecule has 1 aromatic rings. The van der Waals surface area contributed by atoms with Crippen LogP contribution in [0.4, 0.5) is 4.39 Å². The standard InChI is InChI=1S/C13H14Cl2FNO3S/c14-10-7-11(16)9(6-12(10)21(15,19)20)13(18)17-5-4-8-2-1-3-8/h6-8H,1-5H2,(H,17,18). The third-order valence-corrected chi connectivity index (χ3v) is 5.38. The van der Waals surface area contributed by atoms with Crippen LogP contribution in [0.25, 0.3) is 0 Å². The molecule has 1 saturated carbocycles. The van der Waals surface area contributed by atoms with E-state index in [0.29, 0.717) is 12.5 Å². The van der Waals surface area contributed by atoms with Crippen molar-refractivity contribution in [1.82, 2.24) is 5.32 Å². The minimum atomic E-state index is -4.14. The largest absolute Gasteiger partial charge is 0.352 e. The van der Waals surface area contributed by atoms with E-state index in [-0.39, 0.29) is 10.6 Å². The average Bonchev–Trinajstić information content (AvgIpc) is 2.30. The van der Waals surface area contributed by atoms with Crippen LogP contribution in [0, 0.1) is 11.7 Å². The predicted octanol–water partition coefficient (Wildman–Crippen LogP) is 3.33. The highest BCUT2D eigenvalue weighted by molar-refractivity contribution is 8.13. The van der Waals surface area contributed by atoms with Gasteiger partial charge in [-0.05, 0) is 24.5 Å². The van der Waals surface area contributed by atoms with Crippen LogP contribution < -0.4 is 5.32 Å². The van der Waals surface area contributed by atoms with Gasteiger partial charge in [-0.15, -0.1) is 0 Å². The Morgan fingerprint density at radius 3 is 2.57 bits per heavy atom. The molecule has 0 spiro atoms. The van der Waals surface area contributed by atoms with Crippen molar-refractivity contribution in [3.63, 3.8) is 0 Å². The average molecular weight is 354 g/mol. The summed E-state index contributed by atoms with van der Waals surface area (Å²) >= 11 is 5.63. The predicted molar refractivity (Wildman–Crippen MR) is 78.7 cm³/mol. The fourth-order valence-corrected chi connectivity index (χ4v) is 3.66. The van der Waals surface area contributed by atoms with Gasteiger partial charge in [0.15, 0.2) is 0 Å². The summed E-state index contributed by atoms with van der Waals surface area (Å²) in [6.45, 7) is 0.425. The minimum absolute atomic E-state index is 0.353. The smallest absolute Gasteiger partial charge is 0.262 e. The van der Waals surface area contributed by atoms with Crippen molar-refractivity contribution < 1.29 is 17.6 Å². The van der Waals surface area contributed by atoms with Gasteiger partial charge in [0, 0.05) is 17.2 Å². The number of benzene rings is 1. The lowest BCUT2D eigenvalue weighted by molar-refractivity contribution is 0.0944. The molecule has 0 unspecified atom stereocenters. The Balaban J connectivity index is 2.12. The van der Waals surface area contributed by atoms with Crippen molar-refractivity contribution in [1.29, 1.82) is 0 Å². The van der Waals surface area contributed by atoms with Gasteiger partial charge in [-0.25, -0.2) is 12.8 Å². The molecule has 1 aliphatic carbocycles. The first-order valence-corrected chi connectivity index (χ1v) is 9.19. The van der Waals surface area contributed by atoms with Crippen molar-refractivity contribution in [2.45, 2.75) is 30.6 Å². The number of carbonyl (C=O) groups excluding carboxylic acids is 1.